The Morgan fingerprint density at radius 2 is 1.83 bits per heavy atom. The van der Waals surface area contributed by atoms with Crippen LogP contribution in [0.2, 0.25) is 0 Å². The van der Waals surface area contributed by atoms with E-state index < -0.39 is 0 Å². The highest BCUT2D eigenvalue weighted by atomic mass is 32.2. The van der Waals surface area contributed by atoms with Gasteiger partial charge in [-0.05, 0) is 68.6 Å². The van der Waals surface area contributed by atoms with Crippen molar-refractivity contribution in [2.24, 2.45) is 0 Å². The Labute approximate surface area is 142 Å². The van der Waals surface area contributed by atoms with Gasteiger partial charge in [0.15, 0.2) is 0 Å². The second-order valence-electron chi connectivity index (χ2n) is 6.47. The van der Waals surface area contributed by atoms with Crippen LogP contribution >= 0.6 is 11.8 Å². The van der Waals surface area contributed by atoms with Gasteiger partial charge in [-0.3, -0.25) is 4.90 Å². The Balaban J connectivity index is 1.45. The van der Waals surface area contributed by atoms with Gasteiger partial charge in [0, 0.05) is 16.3 Å². The summed E-state index contributed by atoms with van der Waals surface area (Å²) < 4.78 is 6.32. The maximum absolute atomic E-state index is 6.32. The molecule has 2 nitrogen and oxygen atoms in total. The summed E-state index contributed by atoms with van der Waals surface area (Å²) in [5, 5.41) is 0. The van der Waals surface area contributed by atoms with E-state index in [0.29, 0.717) is 6.10 Å². The molecule has 1 atom stereocenters. The fourth-order valence-electron chi connectivity index (χ4n) is 3.48. The van der Waals surface area contributed by atoms with Crippen molar-refractivity contribution in [2.75, 3.05) is 19.6 Å². The van der Waals surface area contributed by atoms with Crippen LogP contribution in [0.15, 0.2) is 58.3 Å². The molecule has 2 aliphatic heterocycles. The molecule has 4 rings (SSSR count). The average Bonchev–Trinajstić information content (AvgIpc) is 3.08. The molecule has 2 heterocycles. The Kier molecular flexibility index (Phi) is 4.58. The zero-order valence-electron chi connectivity index (χ0n) is 13.4. The van der Waals surface area contributed by atoms with E-state index in [2.05, 4.69) is 53.4 Å². The average molecular weight is 325 g/mol. The second-order valence-corrected chi connectivity index (χ2v) is 7.62. The number of likely N-dealkylation sites (tertiary alicyclic amines) is 1. The molecule has 2 aromatic rings. The molecule has 0 saturated carbocycles. The normalized spacial score (nSPS) is 21.0. The molecule has 0 aliphatic carbocycles. The lowest BCUT2D eigenvalue weighted by Crippen LogP contribution is -2.36. The first-order valence-corrected chi connectivity index (χ1v) is 9.43. The van der Waals surface area contributed by atoms with Crippen LogP contribution in [0.25, 0.3) is 0 Å². The van der Waals surface area contributed by atoms with Crippen molar-refractivity contribution >= 4 is 11.8 Å². The van der Waals surface area contributed by atoms with Crippen molar-refractivity contribution in [3.63, 3.8) is 0 Å². The molecule has 0 unspecified atom stereocenters. The predicted octanol–water partition coefficient (Wildman–Crippen LogP) is 4.63. The Bertz CT molecular complexity index is 652. The summed E-state index contributed by atoms with van der Waals surface area (Å²) in [6.07, 6.45) is 5.35. The van der Waals surface area contributed by atoms with E-state index in [4.69, 9.17) is 4.74 Å². The Hall–Kier alpha value is -1.45. The standard InChI is InChI=1S/C20H23NOS/c1-2-6-18(7-3-1)23-19-11-9-16-8-10-17(22-20(16)14-19)15-21-12-4-5-13-21/h1-3,6-7,9,11,14,17H,4-5,8,10,12-13,15H2/t17-/m1/s1. The van der Waals surface area contributed by atoms with Gasteiger partial charge in [0.25, 0.3) is 0 Å². The Morgan fingerprint density at radius 3 is 2.65 bits per heavy atom. The monoisotopic (exact) mass is 325 g/mol. The van der Waals surface area contributed by atoms with Gasteiger partial charge in [0.1, 0.15) is 11.9 Å². The van der Waals surface area contributed by atoms with Gasteiger partial charge in [-0.25, -0.2) is 0 Å². The van der Waals surface area contributed by atoms with Crippen molar-refractivity contribution in [1.29, 1.82) is 0 Å². The smallest absolute Gasteiger partial charge is 0.124 e. The summed E-state index contributed by atoms with van der Waals surface area (Å²) in [4.78, 5) is 5.09. The molecule has 2 aromatic carbocycles. The Morgan fingerprint density at radius 1 is 1.00 bits per heavy atom. The number of aryl methyl sites for hydroxylation is 1. The number of ether oxygens (including phenoxy) is 1. The molecule has 0 bridgehead atoms. The minimum Gasteiger partial charge on any atom is -0.489 e. The number of rotatable bonds is 4. The molecule has 0 aromatic heterocycles. The lowest BCUT2D eigenvalue weighted by Gasteiger charge is -2.29. The number of fused-ring (bicyclic) bond motifs is 1. The first-order chi connectivity index (χ1) is 11.4. The minimum atomic E-state index is 0.359. The summed E-state index contributed by atoms with van der Waals surface area (Å²) in [6, 6.07) is 17.2. The number of nitrogens with zero attached hydrogens (tertiary/aromatic N) is 1. The molecule has 23 heavy (non-hydrogen) atoms. The zero-order chi connectivity index (χ0) is 15.5. The van der Waals surface area contributed by atoms with Crippen molar-refractivity contribution in [1.82, 2.24) is 4.90 Å². The van der Waals surface area contributed by atoms with E-state index >= 15 is 0 Å². The van der Waals surface area contributed by atoms with Crippen LogP contribution in [-0.4, -0.2) is 30.6 Å². The zero-order valence-corrected chi connectivity index (χ0v) is 14.2. The summed E-state index contributed by atoms with van der Waals surface area (Å²) >= 11 is 1.80. The fourth-order valence-corrected chi connectivity index (χ4v) is 4.34. The summed E-state index contributed by atoms with van der Waals surface area (Å²) in [5.41, 5.74) is 1.36. The highest BCUT2D eigenvalue weighted by Gasteiger charge is 2.23. The number of benzene rings is 2. The molecular weight excluding hydrogens is 302 g/mol. The largest absolute Gasteiger partial charge is 0.489 e. The molecule has 120 valence electrons. The highest BCUT2D eigenvalue weighted by molar-refractivity contribution is 7.99. The molecule has 2 aliphatic rings. The van der Waals surface area contributed by atoms with Gasteiger partial charge in [0.05, 0.1) is 0 Å². The minimum absolute atomic E-state index is 0.359. The highest BCUT2D eigenvalue weighted by Crippen LogP contribution is 2.35. The molecule has 3 heteroatoms. The summed E-state index contributed by atoms with van der Waals surface area (Å²) in [6.45, 7) is 3.59. The van der Waals surface area contributed by atoms with Crippen molar-refractivity contribution < 1.29 is 4.74 Å². The van der Waals surface area contributed by atoms with Crippen LogP contribution in [0.1, 0.15) is 24.8 Å². The summed E-state index contributed by atoms with van der Waals surface area (Å²) in [5.74, 6) is 1.10. The van der Waals surface area contributed by atoms with Gasteiger partial charge < -0.3 is 4.74 Å². The van der Waals surface area contributed by atoms with E-state index in [1.54, 1.807) is 11.8 Å². The third kappa shape index (κ3) is 3.73. The maximum atomic E-state index is 6.32. The van der Waals surface area contributed by atoms with Crippen LogP contribution in [0.4, 0.5) is 0 Å². The second kappa shape index (κ2) is 6.98. The van der Waals surface area contributed by atoms with Gasteiger partial charge in [-0.2, -0.15) is 0 Å². The summed E-state index contributed by atoms with van der Waals surface area (Å²) in [7, 11) is 0. The lowest BCUT2D eigenvalue weighted by molar-refractivity contribution is 0.126. The van der Waals surface area contributed by atoms with Crippen molar-refractivity contribution in [3.8, 4) is 5.75 Å². The topological polar surface area (TPSA) is 12.5 Å². The van der Waals surface area contributed by atoms with E-state index in [0.717, 1.165) is 25.1 Å². The molecular formula is C20H23NOS. The number of hydrogen-bond acceptors (Lipinski definition) is 3. The van der Waals surface area contributed by atoms with E-state index in [9.17, 15) is 0 Å². The van der Waals surface area contributed by atoms with Crippen molar-refractivity contribution in [3.05, 3.63) is 54.1 Å². The first kappa shape index (κ1) is 15.1. The van der Waals surface area contributed by atoms with E-state index in [-0.39, 0.29) is 0 Å². The molecule has 0 N–H and O–H groups in total. The van der Waals surface area contributed by atoms with E-state index in [1.807, 2.05) is 0 Å². The van der Waals surface area contributed by atoms with Crippen LogP contribution in [-0.2, 0) is 6.42 Å². The molecule has 1 saturated heterocycles. The van der Waals surface area contributed by atoms with Gasteiger partial charge in [-0.15, -0.1) is 0 Å². The van der Waals surface area contributed by atoms with Crippen LogP contribution < -0.4 is 4.74 Å². The van der Waals surface area contributed by atoms with Crippen LogP contribution in [0.3, 0.4) is 0 Å². The SMILES string of the molecule is c1ccc(Sc2ccc3c(c2)O[C@@H](CN2CCCC2)CC3)cc1. The predicted molar refractivity (Wildman–Crippen MR) is 95.4 cm³/mol. The lowest BCUT2D eigenvalue weighted by atomic mass is 10.0. The molecule has 0 amide bonds. The maximum Gasteiger partial charge on any atom is 0.124 e. The van der Waals surface area contributed by atoms with Crippen molar-refractivity contribution in [2.45, 2.75) is 41.6 Å². The van der Waals surface area contributed by atoms with Gasteiger partial charge in [-0.1, -0.05) is 36.0 Å². The first-order valence-electron chi connectivity index (χ1n) is 8.62. The number of hydrogen-bond donors (Lipinski definition) is 0. The molecule has 1 fully saturated rings. The van der Waals surface area contributed by atoms with E-state index in [1.165, 1.54) is 41.3 Å². The molecule has 0 spiro atoms. The van der Waals surface area contributed by atoms with Crippen LogP contribution in [0.5, 0.6) is 5.75 Å². The van der Waals surface area contributed by atoms with Gasteiger partial charge >= 0.3 is 0 Å². The fraction of sp³-hybridized carbons (Fsp3) is 0.400. The third-order valence-electron chi connectivity index (χ3n) is 4.71. The van der Waals surface area contributed by atoms with Gasteiger partial charge in [0.2, 0.25) is 0 Å². The molecule has 0 radical (unpaired) electrons. The quantitative estimate of drug-likeness (QED) is 0.813. The third-order valence-corrected chi connectivity index (χ3v) is 5.70. The van der Waals surface area contributed by atoms with Crippen LogP contribution in [0, 0.1) is 0 Å².